The lowest BCUT2D eigenvalue weighted by molar-refractivity contribution is 0.0133. The van der Waals surface area contributed by atoms with Gasteiger partial charge < -0.3 is 4.84 Å². The van der Waals surface area contributed by atoms with E-state index in [0.717, 1.165) is 23.2 Å². The van der Waals surface area contributed by atoms with Gasteiger partial charge in [-0.3, -0.25) is 4.90 Å². The van der Waals surface area contributed by atoms with Crippen molar-refractivity contribution in [3.8, 4) is 0 Å². The van der Waals surface area contributed by atoms with Crippen molar-refractivity contribution >= 4 is 5.71 Å². The first-order chi connectivity index (χ1) is 14.4. The zero-order valence-corrected chi connectivity index (χ0v) is 16.6. The van der Waals surface area contributed by atoms with Gasteiger partial charge in [-0.1, -0.05) is 96.2 Å². The fraction of sp³-hybridized carbons (Fsp3) is 0.269. The Morgan fingerprint density at radius 1 is 0.690 bits per heavy atom. The Hall–Kier alpha value is -2.91. The van der Waals surface area contributed by atoms with E-state index in [2.05, 4.69) is 77.7 Å². The quantitative estimate of drug-likeness (QED) is 0.454. The van der Waals surface area contributed by atoms with Gasteiger partial charge in [0.05, 0.1) is 5.71 Å². The van der Waals surface area contributed by atoms with Gasteiger partial charge in [0.1, 0.15) is 0 Å². The number of nitrogens with zero attached hydrogens (tertiary/aromatic N) is 2. The summed E-state index contributed by atoms with van der Waals surface area (Å²) in [4.78, 5) is 9.12. The largest absolute Gasteiger partial charge is 0.375 e. The predicted molar refractivity (Wildman–Crippen MR) is 117 cm³/mol. The van der Waals surface area contributed by atoms with Crippen LogP contribution in [0, 0.1) is 5.92 Å². The van der Waals surface area contributed by atoms with Crippen molar-refractivity contribution in [3.05, 3.63) is 108 Å². The number of hydrogen-bond acceptors (Lipinski definition) is 3. The van der Waals surface area contributed by atoms with Gasteiger partial charge in [0.2, 0.25) is 5.60 Å². The van der Waals surface area contributed by atoms with E-state index >= 15 is 0 Å². The van der Waals surface area contributed by atoms with Crippen LogP contribution >= 0.6 is 0 Å². The molecule has 3 aliphatic rings. The zero-order valence-electron chi connectivity index (χ0n) is 16.6. The van der Waals surface area contributed by atoms with Gasteiger partial charge in [-0.05, 0) is 25.9 Å². The first-order valence-electron chi connectivity index (χ1n) is 10.5. The summed E-state index contributed by atoms with van der Waals surface area (Å²) in [5, 5.41) is 4.84. The van der Waals surface area contributed by atoms with E-state index in [-0.39, 0.29) is 0 Å². The van der Waals surface area contributed by atoms with Crippen molar-refractivity contribution < 1.29 is 4.84 Å². The summed E-state index contributed by atoms with van der Waals surface area (Å²) < 4.78 is 0. The topological polar surface area (TPSA) is 24.8 Å². The van der Waals surface area contributed by atoms with Crippen LogP contribution in [0.25, 0.3) is 0 Å². The third-order valence-electron chi connectivity index (χ3n) is 6.29. The number of fused-ring (bicyclic) bond motifs is 3. The second kappa shape index (κ2) is 7.84. The van der Waals surface area contributed by atoms with Crippen molar-refractivity contribution in [2.45, 2.75) is 18.4 Å². The van der Waals surface area contributed by atoms with Gasteiger partial charge in [0, 0.05) is 29.2 Å². The Labute approximate surface area is 172 Å². The predicted octanol–water partition coefficient (Wildman–Crippen LogP) is 5.08. The zero-order chi connectivity index (χ0) is 19.5. The van der Waals surface area contributed by atoms with Gasteiger partial charge in [-0.25, -0.2) is 0 Å². The number of piperidine rings is 3. The highest BCUT2D eigenvalue weighted by Gasteiger charge is 2.40. The lowest BCUT2D eigenvalue weighted by Gasteiger charge is -2.40. The van der Waals surface area contributed by atoms with Gasteiger partial charge in [-0.2, -0.15) is 0 Å². The lowest BCUT2D eigenvalue weighted by Crippen LogP contribution is -2.48. The highest BCUT2D eigenvalue weighted by atomic mass is 16.7. The summed E-state index contributed by atoms with van der Waals surface area (Å²) in [7, 11) is 0. The van der Waals surface area contributed by atoms with E-state index in [1.165, 1.54) is 31.6 Å². The van der Waals surface area contributed by atoms with Gasteiger partial charge >= 0.3 is 0 Å². The molecule has 3 heteroatoms. The molecule has 0 amide bonds. The van der Waals surface area contributed by atoms with Crippen LogP contribution in [0.3, 0.4) is 0 Å². The highest BCUT2D eigenvalue weighted by Crippen LogP contribution is 2.41. The SMILES string of the molecule is c1ccc(C(O/N=C2/CN3CCC2CC3)(c2ccccc2)c2ccccc2)cc1. The third-order valence-corrected chi connectivity index (χ3v) is 6.29. The van der Waals surface area contributed by atoms with Crippen LogP contribution in [-0.2, 0) is 10.4 Å². The molecule has 0 saturated carbocycles. The van der Waals surface area contributed by atoms with Gasteiger partial charge in [-0.15, -0.1) is 0 Å². The summed E-state index contributed by atoms with van der Waals surface area (Å²) in [6, 6.07) is 31.4. The van der Waals surface area contributed by atoms with Crippen molar-refractivity contribution in [2.24, 2.45) is 11.1 Å². The van der Waals surface area contributed by atoms with Crippen LogP contribution in [0.2, 0.25) is 0 Å². The normalized spacial score (nSPS) is 22.6. The van der Waals surface area contributed by atoms with Crippen LogP contribution in [0.5, 0.6) is 0 Å². The van der Waals surface area contributed by atoms with Crippen LogP contribution in [0.1, 0.15) is 29.5 Å². The number of rotatable bonds is 5. The van der Waals surface area contributed by atoms with Crippen molar-refractivity contribution in [1.82, 2.24) is 4.90 Å². The maximum absolute atomic E-state index is 6.64. The summed E-state index contributed by atoms with van der Waals surface area (Å²) >= 11 is 0. The molecule has 3 aromatic carbocycles. The molecule has 146 valence electrons. The Bertz CT molecular complexity index is 865. The molecule has 6 rings (SSSR count). The second-order valence-electron chi connectivity index (χ2n) is 8.00. The summed E-state index contributed by atoms with van der Waals surface area (Å²) in [5.41, 5.74) is 3.67. The minimum absolute atomic E-state index is 0.556. The smallest absolute Gasteiger partial charge is 0.212 e. The number of hydrogen-bond donors (Lipinski definition) is 0. The number of benzene rings is 3. The monoisotopic (exact) mass is 382 g/mol. The Morgan fingerprint density at radius 3 is 1.52 bits per heavy atom. The molecule has 3 nitrogen and oxygen atoms in total. The first-order valence-corrected chi connectivity index (χ1v) is 10.5. The van der Waals surface area contributed by atoms with E-state index in [4.69, 9.17) is 9.99 Å². The third kappa shape index (κ3) is 3.36. The van der Waals surface area contributed by atoms with Crippen LogP contribution in [0.15, 0.2) is 96.2 Å². The maximum Gasteiger partial charge on any atom is 0.212 e. The summed E-state index contributed by atoms with van der Waals surface area (Å²) in [5.74, 6) is 0.556. The Balaban J connectivity index is 1.66. The molecule has 0 unspecified atom stereocenters. The summed E-state index contributed by atoms with van der Waals surface area (Å²) in [6.07, 6.45) is 2.38. The molecule has 0 radical (unpaired) electrons. The van der Waals surface area contributed by atoms with Gasteiger partial charge in [0.15, 0.2) is 0 Å². The summed E-state index contributed by atoms with van der Waals surface area (Å²) in [6.45, 7) is 3.30. The first kappa shape index (κ1) is 18.1. The molecular weight excluding hydrogens is 356 g/mol. The molecule has 0 atom stereocenters. The average Bonchev–Trinajstić information content (AvgIpc) is 2.82. The molecule has 3 fully saturated rings. The fourth-order valence-electron chi connectivity index (χ4n) is 4.69. The number of oxime groups is 1. The fourth-order valence-corrected chi connectivity index (χ4v) is 4.69. The molecule has 0 N–H and O–H groups in total. The molecule has 2 bridgehead atoms. The molecular formula is C26H26N2O. The molecule has 0 aromatic heterocycles. The van der Waals surface area contributed by atoms with Crippen LogP contribution in [0.4, 0.5) is 0 Å². The van der Waals surface area contributed by atoms with E-state index in [0.29, 0.717) is 5.92 Å². The molecule has 0 spiro atoms. The van der Waals surface area contributed by atoms with Gasteiger partial charge in [0.25, 0.3) is 0 Å². The van der Waals surface area contributed by atoms with Crippen LogP contribution < -0.4 is 0 Å². The Kier molecular flexibility index (Phi) is 4.91. The van der Waals surface area contributed by atoms with Crippen LogP contribution in [-0.4, -0.2) is 30.2 Å². The molecule has 3 aliphatic heterocycles. The minimum atomic E-state index is -0.775. The van der Waals surface area contributed by atoms with Crippen molar-refractivity contribution in [1.29, 1.82) is 0 Å². The molecule has 0 aliphatic carbocycles. The molecule has 29 heavy (non-hydrogen) atoms. The second-order valence-corrected chi connectivity index (χ2v) is 8.00. The standard InChI is InChI=1S/C26H26N2O/c1-4-10-22(11-5-1)26(23-12-6-2-7-13-23,24-14-8-3-9-15-24)29-27-25-20-28-18-16-21(25)17-19-28/h1-15,21H,16-20H2/b27-25-. The van der Waals surface area contributed by atoms with E-state index in [1.54, 1.807) is 0 Å². The van der Waals surface area contributed by atoms with E-state index in [9.17, 15) is 0 Å². The Morgan fingerprint density at radius 2 is 1.14 bits per heavy atom. The highest BCUT2D eigenvalue weighted by molar-refractivity contribution is 5.89. The minimum Gasteiger partial charge on any atom is -0.375 e. The van der Waals surface area contributed by atoms with E-state index < -0.39 is 5.60 Å². The van der Waals surface area contributed by atoms with Crippen molar-refractivity contribution in [2.75, 3.05) is 19.6 Å². The molecule has 3 aromatic rings. The van der Waals surface area contributed by atoms with Crippen molar-refractivity contribution in [3.63, 3.8) is 0 Å². The average molecular weight is 383 g/mol. The lowest BCUT2D eigenvalue weighted by atomic mass is 9.80. The maximum atomic E-state index is 6.64. The molecule has 3 heterocycles. The van der Waals surface area contributed by atoms with E-state index in [1.807, 2.05) is 18.2 Å². The molecule has 3 saturated heterocycles.